The minimum Gasteiger partial charge on any atom is -0.459 e. The molecule has 4 aromatic rings. The fraction of sp³-hybridized carbons (Fsp3) is 0.491. The van der Waals surface area contributed by atoms with Crippen molar-refractivity contribution >= 4 is 18.0 Å². The lowest BCUT2D eigenvalue weighted by Gasteiger charge is -2.45. The number of ether oxygens (including phenoxy) is 7. The summed E-state index contributed by atoms with van der Waals surface area (Å²) < 4.78 is 44.7. The molecule has 1 aliphatic rings. The van der Waals surface area contributed by atoms with Crippen LogP contribution in [0.4, 0.5) is 4.79 Å². The Kier molecular flexibility index (Phi) is 23.8. The lowest BCUT2D eigenvalue weighted by Crippen LogP contribution is -2.62. The minimum atomic E-state index is -1.15. The molecule has 0 saturated carbocycles. The number of hydrogen-bond donors (Lipinski definition) is 1. The van der Waals surface area contributed by atoms with E-state index in [0.29, 0.717) is 11.1 Å². The van der Waals surface area contributed by atoms with Crippen molar-refractivity contribution in [3.8, 4) is 0 Å². The first-order chi connectivity index (χ1) is 33.1. The Morgan fingerprint density at radius 1 is 0.603 bits per heavy atom. The van der Waals surface area contributed by atoms with E-state index in [2.05, 4.69) is 18.3 Å². The molecule has 368 valence electrons. The van der Waals surface area contributed by atoms with Gasteiger partial charge < -0.3 is 38.5 Å². The Hall–Kier alpha value is -5.33. The van der Waals surface area contributed by atoms with Gasteiger partial charge in [-0.15, -0.1) is 0 Å². The molecule has 1 fully saturated rings. The summed E-state index contributed by atoms with van der Waals surface area (Å²) in [6.45, 7) is 7.62. The molecule has 1 N–H and O–H groups in total. The van der Waals surface area contributed by atoms with Gasteiger partial charge in [0.15, 0.2) is 12.4 Å². The number of alkyl carbamates (subject to hydrolysis) is 1. The van der Waals surface area contributed by atoms with Crippen molar-refractivity contribution in [1.29, 1.82) is 0 Å². The summed E-state index contributed by atoms with van der Waals surface area (Å²) in [6.07, 6.45) is 14.1. The topological polar surface area (TPSA) is 128 Å². The molecule has 11 nitrogen and oxygen atoms in total. The van der Waals surface area contributed by atoms with Crippen LogP contribution in [0, 0.1) is 0 Å². The highest BCUT2D eigenvalue weighted by Crippen LogP contribution is 2.32. The van der Waals surface area contributed by atoms with Gasteiger partial charge in [-0.3, -0.25) is 0 Å². The number of benzene rings is 4. The second-order valence-electron chi connectivity index (χ2n) is 18.5. The molecular weight excluding hydrogens is 859 g/mol. The van der Waals surface area contributed by atoms with Crippen LogP contribution >= 0.6 is 0 Å². The number of carbonyl (C=O) groups is 3. The Labute approximate surface area is 405 Å². The second-order valence-corrected chi connectivity index (χ2v) is 18.5. The second kappa shape index (κ2) is 30.2. The van der Waals surface area contributed by atoms with Crippen molar-refractivity contribution in [2.24, 2.45) is 0 Å². The third-order valence-electron chi connectivity index (χ3n) is 11.5. The maximum absolute atomic E-state index is 13.9. The highest BCUT2D eigenvalue weighted by molar-refractivity contribution is 5.90. The molecule has 0 spiro atoms. The summed E-state index contributed by atoms with van der Waals surface area (Å²) in [7, 11) is 0. The number of allylic oxidation sites excluding steroid dienone is 1. The first-order valence-corrected chi connectivity index (χ1v) is 24.8. The Morgan fingerprint density at radius 2 is 1.09 bits per heavy atom. The number of amides is 1. The van der Waals surface area contributed by atoms with E-state index >= 15 is 0 Å². The molecular formula is C57H75NO10. The van der Waals surface area contributed by atoms with E-state index in [4.69, 9.17) is 33.2 Å². The van der Waals surface area contributed by atoms with E-state index < -0.39 is 60.4 Å². The fourth-order valence-corrected chi connectivity index (χ4v) is 7.94. The van der Waals surface area contributed by atoms with Crippen LogP contribution in [-0.4, -0.2) is 73.6 Å². The van der Waals surface area contributed by atoms with Crippen LogP contribution in [0.3, 0.4) is 0 Å². The maximum Gasteiger partial charge on any atom is 0.408 e. The molecule has 1 saturated heterocycles. The van der Waals surface area contributed by atoms with Gasteiger partial charge in [0.2, 0.25) is 0 Å². The lowest BCUT2D eigenvalue weighted by atomic mass is 9.97. The number of unbranched alkanes of at least 4 members (excludes halogenated alkanes) is 12. The fourth-order valence-electron chi connectivity index (χ4n) is 7.94. The molecule has 6 atom stereocenters. The van der Waals surface area contributed by atoms with Gasteiger partial charge in [0.05, 0.1) is 37.0 Å². The summed E-state index contributed by atoms with van der Waals surface area (Å²) in [4.78, 5) is 40.6. The third-order valence-corrected chi connectivity index (χ3v) is 11.5. The number of carbonyl (C=O) groups excluding carboxylic acids is 3. The van der Waals surface area contributed by atoms with E-state index in [1.165, 1.54) is 64.2 Å². The SMILES string of the molecule is CCCCCCCCCCCCCC/C=C\[C@H](CO[C@H]1O[C@H](COC(=O)c2ccccc2)[C@H](OC(=O)c2ccccc2)[C@H](OCc2ccccc2)[C@H]1OCc1ccccc1)NC(=O)OC(C)(C)C. The van der Waals surface area contributed by atoms with Crippen LogP contribution in [0.1, 0.15) is 143 Å². The van der Waals surface area contributed by atoms with Gasteiger partial charge in [0.25, 0.3) is 0 Å². The van der Waals surface area contributed by atoms with Crippen LogP contribution in [0.25, 0.3) is 0 Å². The van der Waals surface area contributed by atoms with E-state index in [1.54, 1.807) is 48.5 Å². The number of hydrogen-bond acceptors (Lipinski definition) is 10. The predicted molar refractivity (Wildman–Crippen MR) is 265 cm³/mol. The molecule has 0 bridgehead atoms. The van der Waals surface area contributed by atoms with Gasteiger partial charge in [-0.25, -0.2) is 14.4 Å². The summed E-state index contributed by atoms with van der Waals surface area (Å²) in [5, 5.41) is 2.97. The van der Waals surface area contributed by atoms with Crippen molar-refractivity contribution in [2.75, 3.05) is 13.2 Å². The zero-order valence-corrected chi connectivity index (χ0v) is 40.8. The molecule has 0 radical (unpaired) electrons. The minimum absolute atomic E-state index is 0.0412. The summed E-state index contributed by atoms with van der Waals surface area (Å²) in [6, 6.07) is 35.9. The van der Waals surface area contributed by atoms with Crippen molar-refractivity contribution in [2.45, 2.75) is 167 Å². The Morgan fingerprint density at radius 3 is 1.62 bits per heavy atom. The summed E-state index contributed by atoms with van der Waals surface area (Å²) in [5.74, 6) is -1.20. The summed E-state index contributed by atoms with van der Waals surface area (Å²) in [5.41, 5.74) is 1.70. The Balaban J connectivity index is 1.38. The summed E-state index contributed by atoms with van der Waals surface area (Å²) >= 11 is 0. The standard InChI is InChI=1S/C57H75NO10/c1-5-6-7-8-9-10-11-12-13-14-15-16-17-30-39-48(58-56(61)68-57(2,3)4)42-65-55-52(63-41-45-33-24-19-25-34-45)51(62-40-44-31-22-18-23-32-44)50(67-54(60)47-37-28-21-29-38-47)49(66-55)43-64-53(59)46-35-26-20-27-36-46/h18-39,48-52,55H,5-17,40-43H2,1-4H3,(H,58,61)/b39-30-/t48-,49-,50+,51+,52-,55+/m1/s1. The van der Waals surface area contributed by atoms with Crippen LogP contribution in [-0.2, 0) is 46.4 Å². The first kappa shape index (κ1) is 53.6. The molecule has 68 heavy (non-hydrogen) atoms. The van der Waals surface area contributed by atoms with Gasteiger partial charge >= 0.3 is 18.0 Å². The van der Waals surface area contributed by atoms with Gasteiger partial charge in [0.1, 0.15) is 30.5 Å². The van der Waals surface area contributed by atoms with Gasteiger partial charge in [-0.05, 0) is 69.0 Å². The van der Waals surface area contributed by atoms with Gasteiger partial charge in [-0.2, -0.15) is 0 Å². The zero-order chi connectivity index (χ0) is 48.2. The normalized spacial score (nSPS) is 18.7. The molecule has 1 amide bonds. The van der Waals surface area contributed by atoms with E-state index in [-0.39, 0.29) is 26.4 Å². The largest absolute Gasteiger partial charge is 0.459 e. The molecule has 4 aromatic carbocycles. The number of nitrogens with one attached hydrogen (secondary N) is 1. The maximum atomic E-state index is 13.9. The molecule has 5 rings (SSSR count). The quantitative estimate of drug-likeness (QED) is 0.0243. The van der Waals surface area contributed by atoms with E-state index in [9.17, 15) is 14.4 Å². The van der Waals surface area contributed by atoms with Crippen molar-refractivity contribution in [3.05, 3.63) is 156 Å². The number of rotatable bonds is 29. The first-order valence-electron chi connectivity index (χ1n) is 24.8. The van der Waals surface area contributed by atoms with Gasteiger partial charge in [0, 0.05) is 0 Å². The van der Waals surface area contributed by atoms with Crippen molar-refractivity contribution in [3.63, 3.8) is 0 Å². The van der Waals surface area contributed by atoms with Crippen molar-refractivity contribution < 1.29 is 47.5 Å². The molecule has 0 aliphatic carbocycles. The van der Waals surface area contributed by atoms with Crippen LogP contribution in [0.15, 0.2) is 133 Å². The van der Waals surface area contributed by atoms with E-state index in [0.717, 1.165) is 30.4 Å². The van der Waals surface area contributed by atoms with Crippen LogP contribution in [0.2, 0.25) is 0 Å². The smallest absolute Gasteiger partial charge is 0.408 e. The highest BCUT2D eigenvalue weighted by Gasteiger charge is 2.51. The average molecular weight is 934 g/mol. The number of esters is 2. The van der Waals surface area contributed by atoms with E-state index in [1.807, 2.05) is 99.6 Å². The lowest BCUT2D eigenvalue weighted by molar-refractivity contribution is -0.319. The van der Waals surface area contributed by atoms with Crippen LogP contribution in [0.5, 0.6) is 0 Å². The Bertz CT molecular complexity index is 2020. The third kappa shape index (κ3) is 20.1. The van der Waals surface area contributed by atoms with Gasteiger partial charge in [-0.1, -0.05) is 187 Å². The zero-order valence-electron chi connectivity index (χ0n) is 40.8. The highest BCUT2D eigenvalue weighted by atomic mass is 16.7. The molecule has 1 heterocycles. The molecule has 0 aromatic heterocycles. The molecule has 0 unspecified atom stereocenters. The monoisotopic (exact) mass is 934 g/mol. The predicted octanol–water partition coefficient (Wildman–Crippen LogP) is 12.5. The van der Waals surface area contributed by atoms with Crippen molar-refractivity contribution in [1.82, 2.24) is 5.32 Å². The van der Waals surface area contributed by atoms with Crippen LogP contribution < -0.4 is 5.32 Å². The molecule has 11 heteroatoms. The molecule has 1 aliphatic heterocycles. The average Bonchev–Trinajstić information content (AvgIpc) is 3.34.